The number of nitrogen functional groups attached to an aromatic ring is 1. The van der Waals surface area contributed by atoms with Crippen LogP contribution in [0.3, 0.4) is 0 Å². The number of hydrogen-bond acceptors (Lipinski definition) is 4. The summed E-state index contributed by atoms with van der Waals surface area (Å²) in [5.41, 5.74) is 6.62. The van der Waals surface area contributed by atoms with Gasteiger partial charge < -0.3 is 5.73 Å². The molecule has 0 saturated carbocycles. The molecule has 0 aliphatic rings. The van der Waals surface area contributed by atoms with Crippen molar-refractivity contribution in [2.24, 2.45) is 0 Å². The zero-order valence-corrected chi connectivity index (χ0v) is 7.25. The smallest absolute Gasteiger partial charge is 0.145 e. The number of nitrogens with two attached hydrogens (primary N) is 1. The van der Waals surface area contributed by atoms with E-state index in [9.17, 15) is 0 Å². The molecule has 2 heterocycles. The van der Waals surface area contributed by atoms with E-state index in [-0.39, 0.29) is 0 Å². The molecule has 0 spiro atoms. The van der Waals surface area contributed by atoms with Crippen molar-refractivity contribution in [3.8, 4) is 11.8 Å². The fourth-order valence-electron chi connectivity index (χ4n) is 1.15. The highest BCUT2D eigenvalue weighted by Gasteiger charge is 2.04. The van der Waals surface area contributed by atoms with Gasteiger partial charge in [-0.1, -0.05) is 0 Å². The Morgan fingerprint density at radius 3 is 2.93 bits per heavy atom. The molecule has 14 heavy (non-hydrogen) atoms. The summed E-state index contributed by atoms with van der Waals surface area (Å²) >= 11 is 0. The Morgan fingerprint density at radius 2 is 2.29 bits per heavy atom. The zero-order chi connectivity index (χ0) is 9.97. The fourth-order valence-corrected chi connectivity index (χ4v) is 1.15. The van der Waals surface area contributed by atoms with Crippen LogP contribution in [0.5, 0.6) is 0 Å². The van der Waals surface area contributed by atoms with Crippen LogP contribution >= 0.6 is 0 Å². The predicted molar refractivity (Wildman–Crippen MR) is 50.5 cm³/mol. The van der Waals surface area contributed by atoms with Crippen molar-refractivity contribution >= 4 is 5.82 Å². The molecule has 5 heteroatoms. The molecule has 0 aromatic carbocycles. The highest BCUT2D eigenvalue weighted by Crippen LogP contribution is 2.11. The third-order valence-electron chi connectivity index (χ3n) is 1.78. The van der Waals surface area contributed by atoms with Crippen LogP contribution in [0.1, 0.15) is 5.56 Å². The summed E-state index contributed by atoms with van der Waals surface area (Å²) in [7, 11) is 0. The Hall–Kier alpha value is -2.35. The van der Waals surface area contributed by atoms with E-state index in [1.54, 1.807) is 29.2 Å². The molecule has 5 nitrogen and oxygen atoms in total. The highest BCUT2D eigenvalue weighted by atomic mass is 15.3. The van der Waals surface area contributed by atoms with Gasteiger partial charge in [-0.2, -0.15) is 10.4 Å². The van der Waals surface area contributed by atoms with Gasteiger partial charge in [-0.05, 0) is 6.07 Å². The molecule has 0 amide bonds. The first-order valence-electron chi connectivity index (χ1n) is 3.97. The van der Waals surface area contributed by atoms with Crippen molar-refractivity contribution in [3.05, 3.63) is 36.3 Å². The van der Waals surface area contributed by atoms with Crippen LogP contribution in [0.2, 0.25) is 0 Å². The maximum Gasteiger partial charge on any atom is 0.145 e. The van der Waals surface area contributed by atoms with Gasteiger partial charge in [-0.15, -0.1) is 0 Å². The molecule has 0 aliphatic heterocycles. The molecule has 0 unspecified atom stereocenters. The second kappa shape index (κ2) is 3.18. The summed E-state index contributed by atoms with van der Waals surface area (Å²) in [6.45, 7) is 0. The number of anilines is 1. The average molecular weight is 185 g/mol. The number of nitriles is 1. The van der Waals surface area contributed by atoms with Crippen LogP contribution in [0, 0.1) is 11.3 Å². The van der Waals surface area contributed by atoms with Gasteiger partial charge in [0.05, 0.1) is 11.3 Å². The molecule has 0 radical (unpaired) electrons. The average Bonchev–Trinajstić information content (AvgIpc) is 2.65. The van der Waals surface area contributed by atoms with Gasteiger partial charge in [0.1, 0.15) is 11.9 Å². The summed E-state index contributed by atoms with van der Waals surface area (Å²) in [5, 5.41) is 12.8. The van der Waals surface area contributed by atoms with Crippen LogP contribution in [0.25, 0.3) is 5.69 Å². The first-order chi connectivity index (χ1) is 6.81. The Bertz CT molecular complexity index is 494. The van der Waals surface area contributed by atoms with E-state index in [1.807, 2.05) is 6.07 Å². The van der Waals surface area contributed by atoms with E-state index in [0.717, 1.165) is 0 Å². The van der Waals surface area contributed by atoms with E-state index >= 15 is 0 Å². The second-order valence-corrected chi connectivity index (χ2v) is 2.69. The molecular formula is C9H7N5. The highest BCUT2D eigenvalue weighted by molar-refractivity contribution is 5.46. The summed E-state index contributed by atoms with van der Waals surface area (Å²) in [5.74, 6) is 0.422. The van der Waals surface area contributed by atoms with Gasteiger partial charge in [-0.25, -0.2) is 4.68 Å². The van der Waals surface area contributed by atoms with Gasteiger partial charge >= 0.3 is 0 Å². The van der Waals surface area contributed by atoms with Crippen molar-refractivity contribution in [2.45, 2.75) is 0 Å². The third-order valence-corrected chi connectivity index (χ3v) is 1.78. The fraction of sp³-hybridized carbons (Fsp3) is 0. The van der Waals surface area contributed by atoms with Gasteiger partial charge in [0.15, 0.2) is 0 Å². The number of rotatable bonds is 1. The lowest BCUT2D eigenvalue weighted by Crippen LogP contribution is -1.99. The van der Waals surface area contributed by atoms with E-state index < -0.39 is 0 Å². The zero-order valence-electron chi connectivity index (χ0n) is 7.25. The van der Waals surface area contributed by atoms with Crippen molar-refractivity contribution in [2.75, 3.05) is 5.73 Å². The monoisotopic (exact) mass is 185 g/mol. The lowest BCUT2D eigenvalue weighted by atomic mass is 10.2. The van der Waals surface area contributed by atoms with E-state index in [2.05, 4.69) is 10.1 Å². The minimum absolute atomic E-state index is 0.422. The van der Waals surface area contributed by atoms with Gasteiger partial charge in [-0.3, -0.25) is 4.98 Å². The Morgan fingerprint density at radius 1 is 1.43 bits per heavy atom. The number of hydrogen-bond donors (Lipinski definition) is 1. The van der Waals surface area contributed by atoms with E-state index in [4.69, 9.17) is 11.0 Å². The van der Waals surface area contributed by atoms with Crippen molar-refractivity contribution < 1.29 is 0 Å². The Balaban J connectivity index is 2.57. The lowest BCUT2D eigenvalue weighted by molar-refractivity contribution is 0.879. The summed E-state index contributed by atoms with van der Waals surface area (Å²) in [6, 6.07) is 5.42. The molecule has 2 N–H and O–H groups in total. The normalized spacial score (nSPS) is 9.64. The molecular weight excluding hydrogens is 178 g/mol. The van der Waals surface area contributed by atoms with Crippen LogP contribution in [0.4, 0.5) is 5.82 Å². The number of nitrogens with zero attached hydrogens (tertiary/aromatic N) is 4. The molecule has 0 bridgehead atoms. The number of pyridine rings is 1. The molecule has 0 saturated heterocycles. The van der Waals surface area contributed by atoms with Crippen molar-refractivity contribution in [1.82, 2.24) is 14.8 Å². The summed E-state index contributed by atoms with van der Waals surface area (Å²) in [4.78, 5) is 3.85. The van der Waals surface area contributed by atoms with Crippen LogP contribution < -0.4 is 5.73 Å². The molecule has 68 valence electrons. The third kappa shape index (κ3) is 1.29. The second-order valence-electron chi connectivity index (χ2n) is 2.69. The first kappa shape index (κ1) is 8.26. The Labute approximate surface area is 80.4 Å². The van der Waals surface area contributed by atoms with E-state index in [1.165, 1.54) is 6.20 Å². The molecule has 2 aromatic rings. The van der Waals surface area contributed by atoms with Crippen LogP contribution in [-0.2, 0) is 0 Å². The standard InChI is InChI=1S/C9H7N5/c10-5-7-6-12-3-1-8(7)14-4-2-9(11)13-14/h1-4,6H,(H2,11,13). The largest absolute Gasteiger partial charge is 0.382 e. The molecule has 0 atom stereocenters. The first-order valence-corrected chi connectivity index (χ1v) is 3.97. The van der Waals surface area contributed by atoms with E-state index in [0.29, 0.717) is 17.1 Å². The summed E-state index contributed by atoms with van der Waals surface area (Å²) < 4.78 is 1.55. The van der Waals surface area contributed by atoms with Crippen molar-refractivity contribution in [1.29, 1.82) is 5.26 Å². The minimum Gasteiger partial charge on any atom is -0.382 e. The quantitative estimate of drug-likeness (QED) is 0.709. The topological polar surface area (TPSA) is 80.5 Å². The maximum atomic E-state index is 8.82. The summed E-state index contributed by atoms with van der Waals surface area (Å²) in [6.07, 6.45) is 4.80. The van der Waals surface area contributed by atoms with Gasteiger partial charge in [0, 0.05) is 24.7 Å². The van der Waals surface area contributed by atoms with Gasteiger partial charge in [0.2, 0.25) is 0 Å². The maximum absolute atomic E-state index is 8.82. The molecule has 0 aliphatic carbocycles. The SMILES string of the molecule is N#Cc1cnccc1-n1ccc(N)n1. The van der Waals surface area contributed by atoms with Crippen LogP contribution in [0.15, 0.2) is 30.7 Å². The minimum atomic E-state index is 0.422. The van der Waals surface area contributed by atoms with Gasteiger partial charge in [0.25, 0.3) is 0 Å². The van der Waals surface area contributed by atoms with Crippen LogP contribution in [-0.4, -0.2) is 14.8 Å². The number of aromatic nitrogens is 3. The van der Waals surface area contributed by atoms with Crippen molar-refractivity contribution in [3.63, 3.8) is 0 Å². The Kier molecular flexibility index (Phi) is 1.88. The molecule has 0 fully saturated rings. The molecule has 2 aromatic heterocycles. The lowest BCUT2D eigenvalue weighted by Gasteiger charge is -2.01. The predicted octanol–water partition coefficient (Wildman–Crippen LogP) is 0.721. The molecule has 2 rings (SSSR count).